The van der Waals surface area contributed by atoms with Gasteiger partial charge in [0.05, 0.1) is 40.4 Å². The van der Waals surface area contributed by atoms with E-state index in [4.69, 9.17) is 19.6 Å². The lowest BCUT2D eigenvalue weighted by Crippen LogP contribution is -2.55. The van der Waals surface area contributed by atoms with Crippen LogP contribution < -0.4 is 20.9 Å². The van der Waals surface area contributed by atoms with Crippen molar-refractivity contribution >= 4 is 95.8 Å². The van der Waals surface area contributed by atoms with Crippen molar-refractivity contribution in [2.75, 3.05) is 49.3 Å². The van der Waals surface area contributed by atoms with Crippen LogP contribution in [-0.2, 0) is 74.4 Å². The van der Waals surface area contributed by atoms with Crippen LogP contribution in [0, 0.1) is 35.5 Å². The molecular weight excluding hydrogens is 1330 g/mol. The van der Waals surface area contributed by atoms with Crippen LogP contribution in [0.5, 0.6) is 0 Å². The van der Waals surface area contributed by atoms with Crippen LogP contribution in [0.15, 0.2) is 97.2 Å². The normalized spacial score (nSPS) is 19.5. The number of urea groups is 1. The van der Waals surface area contributed by atoms with E-state index in [1.54, 1.807) is 54.4 Å². The third kappa shape index (κ3) is 18.9. The van der Waals surface area contributed by atoms with Gasteiger partial charge in [0.15, 0.2) is 16.6 Å². The van der Waals surface area contributed by atoms with Gasteiger partial charge < -0.3 is 30.1 Å². The van der Waals surface area contributed by atoms with Gasteiger partial charge in [-0.25, -0.2) is 24.4 Å². The molecule has 101 heavy (non-hydrogen) atoms. The van der Waals surface area contributed by atoms with E-state index in [0.29, 0.717) is 77.4 Å². The molecular formula is C74H90N10O15S2. The van der Waals surface area contributed by atoms with Crippen LogP contribution in [0.1, 0.15) is 145 Å². The van der Waals surface area contributed by atoms with Gasteiger partial charge in [-0.3, -0.25) is 53.1 Å². The molecule has 27 heteroatoms. The molecule has 3 aromatic heterocycles. The Bertz CT molecular complexity index is 4250. The number of fused-ring (bicyclic) bond motifs is 4. The summed E-state index contributed by atoms with van der Waals surface area (Å²) >= 11 is 1.40. The number of aromatic carboxylic acids is 1. The number of hydrogen-bond donors (Lipinski definition) is 5. The number of thiazole rings is 1. The second-order valence-electron chi connectivity index (χ2n) is 29.1. The summed E-state index contributed by atoms with van der Waals surface area (Å²) in [5.41, 5.74) is 5.47. The largest absolute Gasteiger partial charge is 0.476 e. The van der Waals surface area contributed by atoms with Crippen molar-refractivity contribution in [3.05, 3.63) is 125 Å². The van der Waals surface area contributed by atoms with Crippen molar-refractivity contribution < 1.29 is 70.7 Å². The standard InChI is InChI=1S/C74H90N10O15S2/c1-45(2)55(35-53(85)16-10-9-13-29-83-63(87)27-28-64(83)88)66(89)76-46(3)61(86)33-48-19-21-49(22-20-48)40-98-71(94)79-59(41-101(95,96)97)67(90)81(8)31-32-99-74-37-50(36-73(7,44-74)42-72(5,6)43-74)39-84-47(4)56(38-75-84)54-25-26-57(77-65(54)68(91)92)52-24-23-51-15-14-30-82(60(51)34-52)70(93)80-69-78-58-17-11-12-18-62(58)100-69/h11-12,17-28,34,38,45-46,50,55,59H,9-10,13-16,29-33,35-37,39-44H2,1-8H3,(H,76,89)(H,79,94)(H,91,92)(H,78,80,93)(H,95,96,97)/t46-,50?,55-,59-,73?,74?/m0/s1. The SMILES string of the molecule is Cc1c(-c2ccc(-c3ccc4c(c3)N(C(=O)Nc3nc5ccccc5s3)CCC4)nc2C(=O)O)cnn1CC1CC2(C)CC(C)(C)CC(OCCN(C)C(=O)[C@H](CS(=O)(=O)O)NC(=O)OCc3ccc(CC(=O)[C@H](C)NC(=O)[C@@H](CC(=O)CCCCCN4C(=O)C=CC4=O)C(C)C)cc3)(C1)C2. The molecule has 25 nitrogen and oxygen atoms in total. The van der Waals surface area contributed by atoms with Gasteiger partial charge in [0.1, 0.15) is 24.2 Å². The van der Waals surface area contributed by atoms with E-state index < -0.39 is 63.4 Å². The number of carbonyl (C=O) groups excluding carboxylic acids is 8. The highest BCUT2D eigenvalue weighted by atomic mass is 32.2. The van der Waals surface area contributed by atoms with Crippen LogP contribution in [0.2, 0.25) is 0 Å². The molecule has 3 aromatic carbocycles. The number of pyridine rings is 1. The maximum absolute atomic E-state index is 14.0. The zero-order chi connectivity index (χ0) is 72.7. The third-order valence-electron chi connectivity index (χ3n) is 19.7. The highest BCUT2D eigenvalue weighted by molar-refractivity contribution is 7.85. The zero-order valence-corrected chi connectivity index (χ0v) is 60.0. The molecule has 0 radical (unpaired) electrons. The van der Waals surface area contributed by atoms with E-state index in [0.717, 1.165) is 70.6 Å². The summed E-state index contributed by atoms with van der Waals surface area (Å²) in [5.74, 6) is -5.42. The predicted octanol–water partition coefficient (Wildman–Crippen LogP) is 10.6. The first-order valence-corrected chi connectivity index (χ1v) is 36.8. The van der Waals surface area contributed by atoms with Crippen molar-refractivity contribution in [1.82, 2.24) is 40.2 Å². The Hall–Kier alpha value is -9.05. The molecule has 2 saturated carbocycles. The van der Waals surface area contributed by atoms with E-state index >= 15 is 0 Å². The second-order valence-corrected chi connectivity index (χ2v) is 31.6. The Balaban J connectivity index is 0.705. The molecule has 5 heterocycles. The number of likely N-dealkylation sites (N-methyl/N-ethyl adjacent to an activating group) is 1. The number of carboxylic acids is 1. The lowest BCUT2D eigenvalue weighted by atomic mass is 9.51. The fourth-order valence-corrected chi connectivity index (χ4v) is 16.9. The number of nitrogens with zero attached hydrogens (tertiary/aromatic N) is 7. The van der Waals surface area contributed by atoms with Gasteiger partial charge >= 0.3 is 18.1 Å². The molecule has 10 rings (SSSR count). The van der Waals surface area contributed by atoms with E-state index in [2.05, 4.69) is 41.7 Å². The smallest absolute Gasteiger partial charge is 0.408 e. The van der Waals surface area contributed by atoms with Gasteiger partial charge in [0.2, 0.25) is 11.8 Å². The topological polar surface area (TPSA) is 336 Å². The average Bonchev–Trinajstić information content (AvgIpc) is 1.36. The minimum atomic E-state index is -4.80. The quantitative estimate of drug-likeness (QED) is 0.0159. The number of rotatable bonds is 30. The van der Waals surface area contributed by atoms with Crippen molar-refractivity contribution in [1.29, 1.82) is 0 Å². The molecule has 6 atom stereocenters. The second kappa shape index (κ2) is 31.5. The molecule has 2 bridgehead atoms. The fraction of sp³-hybridized carbons (Fsp3) is 0.486. The Morgan fingerprint density at radius 1 is 0.851 bits per heavy atom. The number of carbonyl (C=O) groups is 9. The molecule has 7 amide bonds. The van der Waals surface area contributed by atoms with Gasteiger partial charge in [0.25, 0.3) is 21.9 Å². The first-order valence-electron chi connectivity index (χ1n) is 34.4. The number of para-hydroxylation sites is 1. The zero-order valence-electron chi connectivity index (χ0n) is 58.4. The Morgan fingerprint density at radius 2 is 1.58 bits per heavy atom. The number of alkyl carbamates (subject to hydrolysis) is 1. The maximum Gasteiger partial charge on any atom is 0.408 e. The summed E-state index contributed by atoms with van der Waals surface area (Å²) in [4.78, 5) is 131. The highest BCUT2D eigenvalue weighted by Crippen LogP contribution is 2.60. The molecule has 2 aliphatic carbocycles. The Morgan fingerprint density at radius 3 is 2.30 bits per heavy atom. The van der Waals surface area contributed by atoms with Crippen LogP contribution in [0.25, 0.3) is 32.6 Å². The van der Waals surface area contributed by atoms with E-state index in [1.807, 2.05) is 67.9 Å². The Kier molecular flexibility index (Phi) is 23.2. The lowest BCUT2D eigenvalue weighted by Gasteiger charge is -2.58. The summed E-state index contributed by atoms with van der Waals surface area (Å²) in [5, 5.41) is 24.0. The molecule has 538 valence electrons. The van der Waals surface area contributed by atoms with Gasteiger partial charge in [0, 0.05) is 98.6 Å². The van der Waals surface area contributed by atoms with Crippen molar-refractivity contribution in [3.8, 4) is 22.4 Å². The molecule has 2 aliphatic heterocycles. The van der Waals surface area contributed by atoms with Crippen molar-refractivity contribution in [3.63, 3.8) is 0 Å². The molecule has 6 aromatic rings. The van der Waals surface area contributed by atoms with Crippen molar-refractivity contribution in [2.24, 2.45) is 28.6 Å². The number of aromatic nitrogens is 4. The third-order valence-corrected chi connectivity index (χ3v) is 21.4. The van der Waals surface area contributed by atoms with Crippen molar-refractivity contribution in [2.45, 2.75) is 163 Å². The number of nitrogens with one attached hydrogen (secondary N) is 3. The summed E-state index contributed by atoms with van der Waals surface area (Å²) in [6, 6.07) is 20.6. The van der Waals surface area contributed by atoms with Crippen LogP contribution >= 0.6 is 11.3 Å². The molecule has 5 N–H and O–H groups in total. The summed E-state index contributed by atoms with van der Waals surface area (Å²) < 4.78 is 49.6. The average molecular weight is 1420 g/mol. The minimum Gasteiger partial charge on any atom is -0.476 e. The van der Waals surface area contributed by atoms with E-state index in [-0.39, 0.29) is 103 Å². The first kappa shape index (κ1) is 74.6. The number of anilines is 2. The summed E-state index contributed by atoms with van der Waals surface area (Å²) in [7, 11) is -3.35. The van der Waals surface area contributed by atoms with Gasteiger partial charge in [-0.15, -0.1) is 0 Å². The monoisotopic (exact) mass is 1420 g/mol. The van der Waals surface area contributed by atoms with Gasteiger partial charge in [-0.1, -0.05) is 101 Å². The molecule has 4 aliphatic rings. The van der Waals surface area contributed by atoms with E-state index in [9.17, 15) is 61.2 Å². The molecule has 0 spiro atoms. The summed E-state index contributed by atoms with van der Waals surface area (Å²) in [6.45, 7) is 14.9. The highest BCUT2D eigenvalue weighted by Gasteiger charge is 2.55. The van der Waals surface area contributed by atoms with Crippen LogP contribution in [-0.4, -0.2) is 158 Å². The van der Waals surface area contributed by atoms with E-state index in [1.165, 1.54) is 35.4 Å². The fourth-order valence-electron chi connectivity index (χ4n) is 15.4. The number of benzene rings is 3. The minimum absolute atomic E-state index is 0.00309. The maximum atomic E-state index is 14.0. The molecule has 2 fully saturated rings. The van der Waals surface area contributed by atoms with Crippen LogP contribution in [0.4, 0.5) is 20.4 Å². The lowest BCUT2D eigenvalue weighted by molar-refractivity contribution is -0.177. The number of ketones is 2. The summed E-state index contributed by atoms with van der Waals surface area (Å²) in [6.07, 6.45) is 10.4. The number of hydrogen-bond acceptors (Lipinski definition) is 17. The number of ether oxygens (including phenoxy) is 2. The van der Waals surface area contributed by atoms with Gasteiger partial charge in [-0.05, 0) is 141 Å². The number of amides is 7. The van der Waals surface area contributed by atoms with Gasteiger partial charge in [-0.2, -0.15) is 13.5 Å². The van der Waals surface area contributed by atoms with Crippen LogP contribution in [0.3, 0.4) is 0 Å². The molecule has 0 saturated heterocycles. The number of Topliss-reactive ketones (excluding diaryl/α,β-unsaturated/α-hetero) is 2. The predicted molar refractivity (Wildman–Crippen MR) is 380 cm³/mol. The Labute approximate surface area is 592 Å². The number of imide groups is 1. The number of carboxylic acid groups (broad SMARTS) is 1. The number of aryl methyl sites for hydroxylation is 1. The number of unbranched alkanes of at least 4 members (excludes halogenated alkanes) is 2. The molecule has 3 unspecified atom stereocenters. The first-order chi connectivity index (χ1) is 47.8.